The molecule has 1 N–H and O–H groups in total. The van der Waals surface area contributed by atoms with Gasteiger partial charge in [0.05, 0.1) is 6.04 Å². The first-order valence-corrected chi connectivity index (χ1v) is 7.40. The third-order valence-corrected chi connectivity index (χ3v) is 4.03. The second-order valence-electron chi connectivity index (χ2n) is 5.72. The summed E-state index contributed by atoms with van der Waals surface area (Å²) in [6, 6.07) is 1.98. The van der Waals surface area contributed by atoms with Crippen molar-refractivity contribution in [3.8, 4) is 0 Å². The fourth-order valence-corrected chi connectivity index (χ4v) is 2.59. The predicted molar refractivity (Wildman–Crippen MR) is 78.4 cm³/mol. The topological polar surface area (TPSA) is 64.7 Å². The zero-order valence-corrected chi connectivity index (χ0v) is 12.5. The molecule has 1 amide bonds. The number of amides is 1. The Labute approximate surface area is 124 Å². The van der Waals surface area contributed by atoms with E-state index in [1.54, 1.807) is 12.4 Å². The van der Waals surface area contributed by atoms with Crippen LogP contribution in [0.4, 0.5) is 0 Å². The first kappa shape index (κ1) is 13.9. The van der Waals surface area contributed by atoms with Gasteiger partial charge in [0, 0.05) is 44.3 Å². The molecular formula is C15H21N5O. The molecule has 0 spiro atoms. The normalized spacial score (nSPS) is 15.9. The van der Waals surface area contributed by atoms with E-state index >= 15 is 0 Å². The number of hydrogen-bond donors (Lipinski definition) is 1. The SMILES string of the molecule is Cc1ccnn1CCC(=O)N[C@@H](c1nccn1C)C1CC1. The van der Waals surface area contributed by atoms with Crippen molar-refractivity contribution >= 4 is 5.91 Å². The molecule has 0 aliphatic heterocycles. The molecule has 1 fully saturated rings. The van der Waals surface area contributed by atoms with Crippen molar-refractivity contribution in [1.82, 2.24) is 24.6 Å². The number of nitrogens with one attached hydrogen (secondary N) is 1. The number of imidazole rings is 1. The maximum absolute atomic E-state index is 12.2. The highest BCUT2D eigenvalue weighted by Gasteiger charge is 2.35. The molecule has 2 heterocycles. The van der Waals surface area contributed by atoms with Gasteiger partial charge in [-0.05, 0) is 31.7 Å². The van der Waals surface area contributed by atoms with Crippen molar-refractivity contribution < 1.29 is 4.79 Å². The number of rotatable bonds is 6. The Hall–Kier alpha value is -2.11. The Balaban J connectivity index is 1.60. The van der Waals surface area contributed by atoms with Crippen LogP contribution in [0.3, 0.4) is 0 Å². The van der Waals surface area contributed by atoms with Gasteiger partial charge in [0.2, 0.25) is 5.91 Å². The smallest absolute Gasteiger partial charge is 0.222 e. The van der Waals surface area contributed by atoms with Crippen molar-refractivity contribution in [2.24, 2.45) is 13.0 Å². The number of aromatic nitrogens is 4. The van der Waals surface area contributed by atoms with Crippen LogP contribution in [0.2, 0.25) is 0 Å². The highest BCUT2D eigenvalue weighted by atomic mass is 16.1. The van der Waals surface area contributed by atoms with E-state index < -0.39 is 0 Å². The first-order valence-electron chi connectivity index (χ1n) is 7.40. The number of carbonyl (C=O) groups excluding carboxylic acids is 1. The van der Waals surface area contributed by atoms with E-state index in [4.69, 9.17) is 0 Å². The Morgan fingerprint density at radius 3 is 2.86 bits per heavy atom. The second-order valence-corrected chi connectivity index (χ2v) is 5.72. The van der Waals surface area contributed by atoms with Gasteiger partial charge in [-0.25, -0.2) is 4.98 Å². The van der Waals surface area contributed by atoms with E-state index in [1.807, 2.05) is 35.5 Å². The summed E-state index contributed by atoms with van der Waals surface area (Å²) in [4.78, 5) is 16.6. The summed E-state index contributed by atoms with van der Waals surface area (Å²) in [6.45, 7) is 2.61. The zero-order valence-electron chi connectivity index (χ0n) is 12.5. The zero-order chi connectivity index (χ0) is 14.8. The Bertz CT molecular complexity index is 626. The summed E-state index contributed by atoms with van der Waals surface area (Å²) in [7, 11) is 1.97. The summed E-state index contributed by atoms with van der Waals surface area (Å²) >= 11 is 0. The van der Waals surface area contributed by atoms with Crippen molar-refractivity contribution in [2.45, 2.75) is 38.8 Å². The van der Waals surface area contributed by atoms with Gasteiger partial charge in [-0.15, -0.1) is 0 Å². The summed E-state index contributed by atoms with van der Waals surface area (Å²) in [6.07, 6.45) is 8.23. The molecule has 0 aromatic carbocycles. The largest absolute Gasteiger partial charge is 0.346 e. The highest BCUT2D eigenvalue weighted by Crippen LogP contribution is 2.40. The van der Waals surface area contributed by atoms with E-state index in [1.165, 1.54) is 0 Å². The monoisotopic (exact) mass is 287 g/mol. The lowest BCUT2D eigenvalue weighted by Crippen LogP contribution is -2.32. The molecule has 2 aromatic rings. The summed E-state index contributed by atoms with van der Waals surface area (Å²) in [5.41, 5.74) is 1.07. The average Bonchev–Trinajstić information content (AvgIpc) is 3.09. The van der Waals surface area contributed by atoms with Crippen LogP contribution >= 0.6 is 0 Å². The second kappa shape index (κ2) is 5.71. The molecule has 21 heavy (non-hydrogen) atoms. The summed E-state index contributed by atoms with van der Waals surface area (Å²) in [5.74, 6) is 1.53. The number of carbonyl (C=O) groups is 1. The highest BCUT2D eigenvalue weighted by molar-refractivity contribution is 5.76. The molecule has 1 atom stereocenters. The van der Waals surface area contributed by atoms with Gasteiger partial charge in [-0.3, -0.25) is 9.48 Å². The van der Waals surface area contributed by atoms with Crippen molar-refractivity contribution in [2.75, 3.05) is 0 Å². The van der Waals surface area contributed by atoms with Crippen LogP contribution in [0.15, 0.2) is 24.7 Å². The van der Waals surface area contributed by atoms with Crippen molar-refractivity contribution in [1.29, 1.82) is 0 Å². The molecule has 0 bridgehead atoms. The Kier molecular flexibility index (Phi) is 3.77. The predicted octanol–water partition coefficient (Wildman–Crippen LogP) is 1.58. The van der Waals surface area contributed by atoms with Gasteiger partial charge < -0.3 is 9.88 Å². The average molecular weight is 287 g/mol. The van der Waals surface area contributed by atoms with Gasteiger partial charge in [-0.2, -0.15) is 5.10 Å². The van der Waals surface area contributed by atoms with Crippen molar-refractivity contribution in [3.63, 3.8) is 0 Å². The fraction of sp³-hybridized carbons (Fsp3) is 0.533. The summed E-state index contributed by atoms with van der Waals surface area (Å²) in [5, 5.41) is 7.34. The van der Waals surface area contributed by atoms with E-state index in [2.05, 4.69) is 15.4 Å². The lowest BCUT2D eigenvalue weighted by atomic mass is 10.1. The fourth-order valence-electron chi connectivity index (χ4n) is 2.59. The van der Waals surface area contributed by atoms with Gasteiger partial charge >= 0.3 is 0 Å². The molecule has 3 rings (SSSR count). The molecule has 6 heteroatoms. The Morgan fingerprint density at radius 2 is 2.29 bits per heavy atom. The lowest BCUT2D eigenvalue weighted by Gasteiger charge is -2.18. The van der Waals surface area contributed by atoms with Crippen LogP contribution in [0.1, 0.15) is 36.8 Å². The quantitative estimate of drug-likeness (QED) is 0.877. The van der Waals surface area contributed by atoms with Gasteiger partial charge in [0.15, 0.2) is 0 Å². The molecule has 2 aromatic heterocycles. The van der Waals surface area contributed by atoms with Crippen LogP contribution in [0.25, 0.3) is 0 Å². The van der Waals surface area contributed by atoms with Crippen molar-refractivity contribution in [3.05, 3.63) is 36.2 Å². The third kappa shape index (κ3) is 3.15. The molecule has 0 radical (unpaired) electrons. The van der Waals surface area contributed by atoms with Crippen LogP contribution in [0.5, 0.6) is 0 Å². The summed E-state index contributed by atoms with van der Waals surface area (Å²) < 4.78 is 3.84. The number of nitrogens with zero attached hydrogens (tertiary/aromatic N) is 4. The molecular weight excluding hydrogens is 266 g/mol. The third-order valence-electron chi connectivity index (χ3n) is 4.03. The minimum atomic E-state index is 0.0382. The van der Waals surface area contributed by atoms with E-state index in [0.29, 0.717) is 18.9 Å². The maximum Gasteiger partial charge on any atom is 0.222 e. The molecule has 1 saturated carbocycles. The Morgan fingerprint density at radius 1 is 1.48 bits per heavy atom. The van der Waals surface area contributed by atoms with Crippen LogP contribution < -0.4 is 5.32 Å². The molecule has 0 unspecified atom stereocenters. The first-order chi connectivity index (χ1) is 10.1. The molecule has 112 valence electrons. The van der Waals surface area contributed by atoms with E-state index in [-0.39, 0.29) is 11.9 Å². The molecule has 6 nitrogen and oxygen atoms in total. The van der Waals surface area contributed by atoms with E-state index in [0.717, 1.165) is 24.4 Å². The maximum atomic E-state index is 12.2. The molecule has 1 aliphatic rings. The van der Waals surface area contributed by atoms with Crippen LogP contribution in [-0.4, -0.2) is 25.2 Å². The van der Waals surface area contributed by atoms with Crippen LogP contribution in [0, 0.1) is 12.8 Å². The van der Waals surface area contributed by atoms with Crippen LogP contribution in [-0.2, 0) is 18.4 Å². The van der Waals surface area contributed by atoms with Gasteiger partial charge in [-0.1, -0.05) is 0 Å². The van der Waals surface area contributed by atoms with Gasteiger partial charge in [0.25, 0.3) is 0 Å². The minimum absolute atomic E-state index is 0.0382. The molecule has 0 saturated heterocycles. The molecule has 1 aliphatic carbocycles. The number of aryl methyl sites for hydroxylation is 3. The number of hydrogen-bond acceptors (Lipinski definition) is 3. The van der Waals surface area contributed by atoms with E-state index in [9.17, 15) is 4.79 Å². The van der Waals surface area contributed by atoms with Gasteiger partial charge in [0.1, 0.15) is 5.82 Å². The minimum Gasteiger partial charge on any atom is -0.346 e. The standard InChI is InChI=1S/C15H21N5O/c1-11-5-7-17-20(11)9-6-13(21)18-14(12-3-4-12)15-16-8-10-19(15)2/h5,7-8,10,12,14H,3-4,6,9H2,1-2H3,(H,18,21)/t14-/m1/s1. The lowest BCUT2D eigenvalue weighted by molar-refractivity contribution is -0.122.